The summed E-state index contributed by atoms with van der Waals surface area (Å²) < 4.78 is 9.08. The molecule has 3 saturated heterocycles. The van der Waals surface area contributed by atoms with E-state index in [4.69, 9.17) is 19.8 Å². The van der Waals surface area contributed by atoms with Crippen molar-refractivity contribution in [3.05, 3.63) is 70.9 Å². The number of hydrogen-bond donors (Lipinski definition) is 3. The third-order valence-electron chi connectivity index (χ3n) is 12.2. The zero-order valence-corrected chi connectivity index (χ0v) is 35.5. The molecule has 3 amide bonds. The molecule has 8 rings (SSSR count). The largest absolute Gasteiger partial charge is 0.478 e. The number of piperazine rings is 1. The van der Waals surface area contributed by atoms with Gasteiger partial charge in [-0.1, -0.05) is 24.8 Å². The molecule has 0 bridgehead atoms. The summed E-state index contributed by atoms with van der Waals surface area (Å²) in [5, 5.41) is 14.8. The number of anilines is 4. The van der Waals surface area contributed by atoms with Crippen molar-refractivity contribution in [3.63, 3.8) is 0 Å². The normalized spacial score (nSPS) is 19.1. The molecule has 3 aliphatic heterocycles. The first-order valence-corrected chi connectivity index (χ1v) is 21.1. The van der Waals surface area contributed by atoms with Gasteiger partial charge in [0.05, 0.1) is 34.7 Å². The van der Waals surface area contributed by atoms with Gasteiger partial charge in [-0.05, 0) is 64.2 Å². The minimum Gasteiger partial charge on any atom is -0.478 e. The molecule has 0 aliphatic carbocycles. The van der Waals surface area contributed by atoms with E-state index in [0.717, 1.165) is 80.0 Å². The van der Waals surface area contributed by atoms with E-state index in [9.17, 15) is 19.2 Å². The molecule has 4 aromatic heterocycles. The fourth-order valence-electron chi connectivity index (χ4n) is 8.93. The second-order valence-electron chi connectivity index (χ2n) is 16.6. The average molecular weight is 831 g/mol. The van der Waals surface area contributed by atoms with Gasteiger partial charge in [0, 0.05) is 94.4 Å². The van der Waals surface area contributed by atoms with Crippen LogP contribution < -0.4 is 36.0 Å². The van der Waals surface area contributed by atoms with E-state index >= 15 is 0 Å². The van der Waals surface area contributed by atoms with Crippen molar-refractivity contribution in [2.24, 2.45) is 13.0 Å². The van der Waals surface area contributed by atoms with Crippen LogP contribution in [0.5, 0.6) is 5.75 Å². The van der Waals surface area contributed by atoms with Gasteiger partial charge in [0.2, 0.25) is 17.8 Å². The van der Waals surface area contributed by atoms with Crippen LogP contribution in [-0.4, -0.2) is 111 Å². The molecule has 0 saturated carbocycles. The van der Waals surface area contributed by atoms with Crippen molar-refractivity contribution in [1.82, 2.24) is 44.8 Å². The summed E-state index contributed by atoms with van der Waals surface area (Å²) in [6.45, 7) is 15.2. The lowest BCUT2D eigenvalue weighted by molar-refractivity contribution is -0.134. The zero-order chi connectivity index (χ0) is 42.9. The number of aromatic nitrogens is 6. The first-order valence-electron chi connectivity index (χ1n) is 21.1. The van der Waals surface area contributed by atoms with Gasteiger partial charge in [0.25, 0.3) is 11.5 Å². The zero-order valence-electron chi connectivity index (χ0n) is 35.5. The van der Waals surface area contributed by atoms with Crippen LogP contribution in [0.1, 0.15) is 69.7 Å². The van der Waals surface area contributed by atoms with Crippen LogP contribution in [0.4, 0.5) is 23.1 Å². The number of aryl methyl sites for hydroxylation is 1. The maximum Gasteiger partial charge on any atom is 0.294 e. The van der Waals surface area contributed by atoms with Gasteiger partial charge in [-0.15, -0.1) is 0 Å². The van der Waals surface area contributed by atoms with Crippen LogP contribution in [0.15, 0.2) is 54.1 Å². The van der Waals surface area contributed by atoms with Gasteiger partial charge in [-0.2, -0.15) is 10.1 Å². The van der Waals surface area contributed by atoms with Crippen LogP contribution in [0.2, 0.25) is 0 Å². The standard InChI is InChI=1S/C44H54N12O5/c1-7-29-21-47-44(50-40(29)48-31-19-30-20-35(61-25-37(58)45-5)43(60)56(26(2)3)41(30)46-22-31)53-15-13-28(14-16-53)24-54-17-18-55(23-27(54)4)34-10-8-9-32-38(51-52(6)39(32)34)33-11-12-36(57)49-42(33)59/h7-10,19-22,26-28,33H,1,11-18,23-25H2,2-6H3,(H,45,58)(H,47,48,50)(H,49,57,59). The van der Waals surface area contributed by atoms with E-state index in [1.54, 1.807) is 29.1 Å². The Morgan fingerprint density at radius 1 is 1.05 bits per heavy atom. The number of piperidine rings is 2. The predicted molar refractivity (Wildman–Crippen MR) is 235 cm³/mol. The highest BCUT2D eigenvalue weighted by molar-refractivity contribution is 6.03. The topological polar surface area (TPSA) is 185 Å². The molecule has 17 heteroatoms. The number of amides is 3. The van der Waals surface area contributed by atoms with Gasteiger partial charge in [-0.25, -0.2) is 9.97 Å². The molecule has 17 nitrogen and oxygen atoms in total. The molecule has 2 unspecified atom stereocenters. The first-order chi connectivity index (χ1) is 29.4. The van der Waals surface area contributed by atoms with Crippen LogP contribution in [0, 0.1) is 5.92 Å². The second-order valence-corrected chi connectivity index (χ2v) is 16.6. The quantitative estimate of drug-likeness (QED) is 0.153. The number of para-hydroxylation sites is 1. The van der Waals surface area contributed by atoms with Gasteiger partial charge >= 0.3 is 0 Å². The van der Waals surface area contributed by atoms with E-state index in [0.29, 0.717) is 53.3 Å². The Bertz CT molecular complexity index is 2560. The Morgan fingerprint density at radius 3 is 2.57 bits per heavy atom. The number of hydrogen-bond acceptors (Lipinski definition) is 13. The number of pyridine rings is 2. The number of imide groups is 1. The van der Waals surface area contributed by atoms with Gasteiger partial charge in [0.1, 0.15) is 11.5 Å². The molecule has 7 heterocycles. The molecular weight excluding hydrogens is 777 g/mol. The Labute approximate surface area is 354 Å². The Balaban J connectivity index is 0.905. The third-order valence-corrected chi connectivity index (χ3v) is 12.2. The summed E-state index contributed by atoms with van der Waals surface area (Å²) in [6, 6.07) is 9.88. The molecule has 61 heavy (non-hydrogen) atoms. The van der Waals surface area contributed by atoms with E-state index in [1.807, 2.05) is 43.8 Å². The highest BCUT2D eigenvalue weighted by Crippen LogP contribution is 2.36. The molecule has 5 aromatic rings. The van der Waals surface area contributed by atoms with Crippen molar-refractivity contribution in [1.29, 1.82) is 0 Å². The van der Waals surface area contributed by atoms with Crippen LogP contribution in [0.3, 0.4) is 0 Å². The molecule has 0 spiro atoms. The number of rotatable bonds is 12. The van der Waals surface area contributed by atoms with Gasteiger partial charge < -0.3 is 25.2 Å². The van der Waals surface area contributed by atoms with Gasteiger partial charge in [-0.3, -0.25) is 38.6 Å². The number of carbonyl (C=O) groups excluding carboxylic acids is 3. The number of nitrogens with one attached hydrogen (secondary N) is 3. The molecule has 3 aliphatic rings. The van der Waals surface area contributed by atoms with E-state index < -0.39 is 5.92 Å². The lowest BCUT2D eigenvalue weighted by Gasteiger charge is -2.43. The molecule has 3 fully saturated rings. The summed E-state index contributed by atoms with van der Waals surface area (Å²) >= 11 is 0. The van der Waals surface area contributed by atoms with Crippen molar-refractivity contribution >= 4 is 68.9 Å². The average Bonchev–Trinajstić information content (AvgIpc) is 3.59. The van der Waals surface area contributed by atoms with Crippen molar-refractivity contribution < 1.29 is 19.1 Å². The number of likely N-dealkylation sites (N-methyl/N-ethyl adjacent to an activating group) is 1. The lowest BCUT2D eigenvalue weighted by atomic mass is 9.92. The Morgan fingerprint density at radius 2 is 1.85 bits per heavy atom. The number of fused-ring (bicyclic) bond motifs is 2. The molecule has 320 valence electrons. The number of carbonyl (C=O) groups is 3. The molecule has 3 N–H and O–H groups in total. The van der Waals surface area contributed by atoms with E-state index in [1.165, 1.54) is 7.05 Å². The number of nitrogens with zero attached hydrogens (tertiary/aromatic N) is 9. The molecule has 2 atom stereocenters. The fraction of sp³-hybridized carbons (Fsp3) is 0.455. The summed E-state index contributed by atoms with van der Waals surface area (Å²) in [5.41, 5.74) is 4.43. The second kappa shape index (κ2) is 17.3. The summed E-state index contributed by atoms with van der Waals surface area (Å²) in [5.74, 6) is 0.592. The molecule has 0 radical (unpaired) electrons. The molecular formula is C44H54N12O5. The lowest BCUT2D eigenvalue weighted by Crippen LogP contribution is -2.54. The highest BCUT2D eigenvalue weighted by atomic mass is 16.5. The summed E-state index contributed by atoms with van der Waals surface area (Å²) in [4.78, 5) is 71.3. The summed E-state index contributed by atoms with van der Waals surface area (Å²) in [7, 11) is 3.45. The van der Waals surface area contributed by atoms with E-state index in [-0.39, 0.29) is 41.7 Å². The minimum absolute atomic E-state index is 0.0714. The van der Waals surface area contributed by atoms with Crippen LogP contribution in [-0.2, 0) is 21.4 Å². The minimum atomic E-state index is -0.433. The Hall–Kier alpha value is -6.36. The predicted octanol–water partition coefficient (Wildman–Crippen LogP) is 4.11. The first kappa shape index (κ1) is 41.4. The van der Waals surface area contributed by atoms with E-state index in [2.05, 4.69) is 55.2 Å². The van der Waals surface area contributed by atoms with Crippen molar-refractivity contribution in [2.45, 2.75) is 64.5 Å². The smallest absolute Gasteiger partial charge is 0.294 e. The monoisotopic (exact) mass is 830 g/mol. The van der Waals surface area contributed by atoms with Crippen LogP contribution >= 0.6 is 0 Å². The van der Waals surface area contributed by atoms with Gasteiger partial charge in [0.15, 0.2) is 12.4 Å². The Kier molecular flexibility index (Phi) is 11.7. The number of ether oxygens (including phenoxy) is 1. The SMILES string of the molecule is C=Cc1cnc(N2CCC(CN3CCN(c4cccc5c(C6CCC(=O)NC6=O)nn(C)c45)CC3C)CC2)nc1Nc1cnc2c(c1)cc(OCC(=O)NC)c(=O)n2C(C)C. The molecule has 1 aromatic carbocycles. The van der Waals surface area contributed by atoms with Crippen molar-refractivity contribution in [3.8, 4) is 5.75 Å². The fourth-order valence-corrected chi connectivity index (χ4v) is 8.93. The third kappa shape index (κ3) is 8.38. The van der Waals surface area contributed by atoms with Crippen LogP contribution in [0.25, 0.3) is 28.0 Å². The summed E-state index contributed by atoms with van der Waals surface area (Å²) in [6.07, 6.45) is 8.01. The highest BCUT2D eigenvalue weighted by Gasteiger charge is 2.34. The maximum absolute atomic E-state index is 13.3. The number of benzene rings is 1. The maximum atomic E-state index is 13.3. The van der Waals surface area contributed by atoms with Crippen molar-refractivity contribution in [2.75, 3.05) is 68.0 Å².